The number of benzene rings is 1. The van der Waals surface area contributed by atoms with E-state index in [1.807, 2.05) is 42.5 Å². The maximum atomic E-state index is 5.65. The van der Waals surface area contributed by atoms with Crippen LogP contribution in [0.5, 0.6) is 5.75 Å². The largest absolute Gasteiger partial charge is 0.494 e. The first kappa shape index (κ1) is 13.3. The third-order valence-corrected chi connectivity index (χ3v) is 3.02. The highest BCUT2D eigenvalue weighted by molar-refractivity contribution is 5.52. The Hall–Kier alpha value is -2.69. The van der Waals surface area contributed by atoms with Crippen LogP contribution in [0.1, 0.15) is 12.2 Å². The molecular formula is C16H16N4O. The topological polar surface area (TPSA) is 63.7 Å². The first-order chi connectivity index (χ1) is 10.4. The van der Waals surface area contributed by atoms with Crippen molar-refractivity contribution in [2.24, 2.45) is 0 Å². The summed E-state index contributed by atoms with van der Waals surface area (Å²) < 4.78 is 5.65. The van der Waals surface area contributed by atoms with Gasteiger partial charge >= 0.3 is 0 Å². The molecule has 3 rings (SSSR count). The van der Waals surface area contributed by atoms with Crippen LogP contribution >= 0.6 is 0 Å². The highest BCUT2D eigenvalue weighted by atomic mass is 16.5. The van der Waals surface area contributed by atoms with Gasteiger partial charge in [-0.2, -0.15) is 5.10 Å². The quantitative estimate of drug-likeness (QED) is 0.705. The number of ether oxygens (including phenoxy) is 1. The van der Waals surface area contributed by atoms with E-state index >= 15 is 0 Å². The van der Waals surface area contributed by atoms with Crippen molar-refractivity contribution in [1.29, 1.82) is 0 Å². The Balaban J connectivity index is 1.49. The fourth-order valence-electron chi connectivity index (χ4n) is 1.98. The zero-order valence-corrected chi connectivity index (χ0v) is 11.6. The minimum atomic E-state index is 0.660. The molecule has 0 aliphatic carbocycles. The Labute approximate surface area is 123 Å². The number of hydrogen-bond acceptors (Lipinski definition) is 4. The summed E-state index contributed by atoms with van der Waals surface area (Å²) in [6.45, 7) is 0.660. The fourth-order valence-corrected chi connectivity index (χ4v) is 1.98. The van der Waals surface area contributed by atoms with Gasteiger partial charge in [0.25, 0.3) is 0 Å². The highest BCUT2D eigenvalue weighted by Gasteiger charge is 2.05. The zero-order chi connectivity index (χ0) is 14.3. The van der Waals surface area contributed by atoms with E-state index in [-0.39, 0.29) is 0 Å². The first-order valence-electron chi connectivity index (χ1n) is 6.91. The minimum Gasteiger partial charge on any atom is -0.494 e. The number of aromatic amines is 1. The Morgan fingerprint density at radius 3 is 2.76 bits per heavy atom. The number of para-hydroxylation sites is 1. The maximum absolute atomic E-state index is 5.65. The Bertz CT molecular complexity index is 667. The van der Waals surface area contributed by atoms with Crippen LogP contribution in [0.2, 0.25) is 0 Å². The second-order valence-corrected chi connectivity index (χ2v) is 4.61. The lowest BCUT2D eigenvalue weighted by molar-refractivity contribution is 0.310. The van der Waals surface area contributed by atoms with Crippen LogP contribution in [0.3, 0.4) is 0 Å². The molecule has 1 aromatic carbocycles. The monoisotopic (exact) mass is 280 g/mol. The molecule has 0 aliphatic heterocycles. The molecule has 0 atom stereocenters. The lowest BCUT2D eigenvalue weighted by atomic mass is 10.3. The molecule has 0 aliphatic rings. The second kappa shape index (κ2) is 6.65. The van der Waals surface area contributed by atoms with Crippen LogP contribution in [0.25, 0.3) is 11.4 Å². The van der Waals surface area contributed by atoms with Gasteiger partial charge in [-0.25, -0.2) is 4.98 Å². The minimum absolute atomic E-state index is 0.660. The third kappa shape index (κ3) is 3.66. The lowest BCUT2D eigenvalue weighted by Crippen LogP contribution is -2.00. The van der Waals surface area contributed by atoms with Gasteiger partial charge < -0.3 is 4.74 Å². The molecule has 1 N–H and O–H groups in total. The van der Waals surface area contributed by atoms with Crippen LogP contribution in [-0.2, 0) is 6.42 Å². The van der Waals surface area contributed by atoms with E-state index < -0.39 is 0 Å². The molecule has 2 aromatic heterocycles. The van der Waals surface area contributed by atoms with Crippen LogP contribution in [0.4, 0.5) is 0 Å². The van der Waals surface area contributed by atoms with Gasteiger partial charge in [0, 0.05) is 24.4 Å². The molecule has 0 spiro atoms. The number of rotatable bonds is 6. The predicted molar refractivity (Wildman–Crippen MR) is 79.9 cm³/mol. The highest BCUT2D eigenvalue weighted by Crippen LogP contribution is 2.13. The fraction of sp³-hybridized carbons (Fsp3) is 0.188. The van der Waals surface area contributed by atoms with Gasteiger partial charge in [-0.1, -0.05) is 18.2 Å². The molecule has 0 saturated carbocycles. The Morgan fingerprint density at radius 2 is 1.95 bits per heavy atom. The third-order valence-electron chi connectivity index (χ3n) is 3.02. The average molecular weight is 280 g/mol. The van der Waals surface area contributed by atoms with Crippen molar-refractivity contribution in [3.63, 3.8) is 0 Å². The normalized spacial score (nSPS) is 10.5. The van der Waals surface area contributed by atoms with Crippen molar-refractivity contribution in [2.75, 3.05) is 6.61 Å². The van der Waals surface area contributed by atoms with Gasteiger partial charge in [0.2, 0.25) is 0 Å². The molecule has 2 heterocycles. The average Bonchev–Trinajstić information content (AvgIpc) is 3.02. The molecule has 3 aromatic rings. The zero-order valence-electron chi connectivity index (χ0n) is 11.6. The van der Waals surface area contributed by atoms with Gasteiger partial charge in [-0.05, 0) is 30.7 Å². The number of H-pyrrole nitrogens is 1. The Morgan fingerprint density at radius 1 is 1.05 bits per heavy atom. The molecular weight excluding hydrogens is 264 g/mol. The maximum Gasteiger partial charge on any atom is 0.182 e. The molecule has 5 heteroatoms. The summed E-state index contributed by atoms with van der Waals surface area (Å²) in [5, 5.41) is 7.16. The number of hydrogen-bond donors (Lipinski definition) is 1. The summed E-state index contributed by atoms with van der Waals surface area (Å²) in [4.78, 5) is 8.53. The van der Waals surface area contributed by atoms with E-state index in [0.717, 1.165) is 30.0 Å². The van der Waals surface area contributed by atoms with E-state index in [2.05, 4.69) is 20.2 Å². The SMILES string of the molecule is c1ccc(OCCCc2nc(-c3cccnc3)n[nH]2)cc1. The number of nitrogens with one attached hydrogen (secondary N) is 1. The smallest absolute Gasteiger partial charge is 0.182 e. The number of nitrogens with zero attached hydrogens (tertiary/aromatic N) is 3. The van der Waals surface area contributed by atoms with Crippen LogP contribution in [0.15, 0.2) is 54.9 Å². The van der Waals surface area contributed by atoms with Crippen molar-refractivity contribution in [1.82, 2.24) is 20.2 Å². The predicted octanol–water partition coefficient (Wildman–Crippen LogP) is 2.88. The van der Waals surface area contributed by atoms with Crippen LogP contribution in [-0.4, -0.2) is 26.8 Å². The van der Waals surface area contributed by atoms with Crippen molar-refractivity contribution < 1.29 is 4.74 Å². The van der Waals surface area contributed by atoms with Gasteiger partial charge in [0.05, 0.1) is 6.61 Å². The van der Waals surface area contributed by atoms with Crippen molar-refractivity contribution in [3.05, 3.63) is 60.7 Å². The summed E-state index contributed by atoms with van der Waals surface area (Å²) in [7, 11) is 0. The van der Waals surface area contributed by atoms with Gasteiger partial charge in [-0.3, -0.25) is 10.1 Å². The van der Waals surface area contributed by atoms with Gasteiger partial charge in [0.15, 0.2) is 5.82 Å². The molecule has 5 nitrogen and oxygen atoms in total. The summed E-state index contributed by atoms with van der Waals surface area (Å²) in [6, 6.07) is 13.6. The lowest BCUT2D eigenvalue weighted by Gasteiger charge is -2.04. The molecule has 106 valence electrons. The van der Waals surface area contributed by atoms with E-state index in [0.29, 0.717) is 12.4 Å². The first-order valence-corrected chi connectivity index (χ1v) is 6.91. The van der Waals surface area contributed by atoms with Crippen molar-refractivity contribution in [2.45, 2.75) is 12.8 Å². The number of aromatic nitrogens is 4. The summed E-state index contributed by atoms with van der Waals surface area (Å²) in [6.07, 6.45) is 5.18. The van der Waals surface area contributed by atoms with E-state index in [4.69, 9.17) is 4.74 Å². The van der Waals surface area contributed by atoms with Gasteiger partial charge in [0.1, 0.15) is 11.6 Å². The van der Waals surface area contributed by atoms with E-state index in [1.54, 1.807) is 12.4 Å². The van der Waals surface area contributed by atoms with Crippen LogP contribution < -0.4 is 4.74 Å². The Kier molecular flexibility index (Phi) is 4.21. The number of aryl methyl sites for hydroxylation is 1. The second-order valence-electron chi connectivity index (χ2n) is 4.61. The van der Waals surface area contributed by atoms with E-state index in [9.17, 15) is 0 Å². The molecule has 0 amide bonds. The molecule has 0 unspecified atom stereocenters. The van der Waals surface area contributed by atoms with Crippen molar-refractivity contribution in [3.8, 4) is 17.1 Å². The molecule has 21 heavy (non-hydrogen) atoms. The molecule has 0 fully saturated rings. The summed E-state index contributed by atoms with van der Waals surface area (Å²) in [5.74, 6) is 2.44. The molecule has 0 bridgehead atoms. The van der Waals surface area contributed by atoms with Crippen LogP contribution in [0, 0.1) is 0 Å². The van der Waals surface area contributed by atoms with E-state index in [1.165, 1.54) is 0 Å². The van der Waals surface area contributed by atoms with Crippen molar-refractivity contribution >= 4 is 0 Å². The number of pyridine rings is 1. The molecule has 0 radical (unpaired) electrons. The molecule has 0 saturated heterocycles. The standard InChI is InChI=1S/C16H16N4O/c1-2-7-14(8-3-1)21-11-5-9-15-18-16(20-19-15)13-6-4-10-17-12-13/h1-4,6-8,10,12H,5,9,11H2,(H,18,19,20). The van der Waals surface area contributed by atoms with Gasteiger partial charge in [-0.15, -0.1) is 0 Å². The summed E-state index contributed by atoms with van der Waals surface area (Å²) >= 11 is 0. The summed E-state index contributed by atoms with van der Waals surface area (Å²) in [5.41, 5.74) is 0.917.